The molecule has 0 aromatic heterocycles. The summed E-state index contributed by atoms with van der Waals surface area (Å²) in [5.41, 5.74) is 0.903. The average Bonchev–Trinajstić information content (AvgIpc) is 2.52. The second-order valence-corrected chi connectivity index (χ2v) is 5.29. The number of hydrogen-bond donors (Lipinski definition) is 3. The summed E-state index contributed by atoms with van der Waals surface area (Å²) in [7, 11) is 1.53. The van der Waals surface area contributed by atoms with Crippen molar-refractivity contribution in [1.29, 1.82) is 0 Å². The van der Waals surface area contributed by atoms with Gasteiger partial charge in [0.2, 0.25) is 5.91 Å². The van der Waals surface area contributed by atoms with Crippen molar-refractivity contribution in [3.05, 3.63) is 53.8 Å². The number of amides is 3. The molecule has 0 saturated carbocycles. The average molecular weight is 331 g/mol. The van der Waals surface area contributed by atoms with Crippen LogP contribution < -0.4 is 10.6 Å². The monoisotopic (exact) mass is 331 g/mol. The van der Waals surface area contributed by atoms with Crippen LogP contribution in [0.15, 0.2) is 42.5 Å². The highest BCUT2D eigenvalue weighted by molar-refractivity contribution is 5.92. The lowest BCUT2D eigenvalue weighted by Gasteiger charge is -2.19. The number of halogens is 1. The highest BCUT2D eigenvalue weighted by Gasteiger charge is 2.14. The molecule has 3 N–H and O–H groups in total. The zero-order chi connectivity index (χ0) is 17.7. The molecule has 0 spiro atoms. The lowest BCUT2D eigenvalue weighted by atomic mass is 10.2. The van der Waals surface area contributed by atoms with Crippen LogP contribution in [0.2, 0.25) is 0 Å². The number of carbonyl (C=O) groups excluding carboxylic acids is 2. The second-order valence-electron chi connectivity index (χ2n) is 5.29. The molecule has 0 aliphatic carbocycles. The fraction of sp³-hybridized carbons (Fsp3) is 0.176. The van der Waals surface area contributed by atoms with Gasteiger partial charge in [0.1, 0.15) is 11.6 Å². The largest absolute Gasteiger partial charge is 0.508 e. The quantitative estimate of drug-likeness (QED) is 0.805. The topological polar surface area (TPSA) is 81.7 Å². The fourth-order valence-corrected chi connectivity index (χ4v) is 2.08. The van der Waals surface area contributed by atoms with E-state index in [1.54, 1.807) is 18.2 Å². The van der Waals surface area contributed by atoms with Crippen LogP contribution in [0.4, 0.5) is 20.6 Å². The van der Waals surface area contributed by atoms with E-state index in [4.69, 9.17) is 0 Å². The van der Waals surface area contributed by atoms with Crippen LogP contribution in [0, 0.1) is 5.82 Å². The number of carbonyl (C=O) groups is 2. The zero-order valence-electron chi connectivity index (χ0n) is 13.3. The van der Waals surface area contributed by atoms with E-state index in [9.17, 15) is 19.1 Å². The summed E-state index contributed by atoms with van der Waals surface area (Å²) < 4.78 is 13.8. The Kier molecular flexibility index (Phi) is 5.36. The third kappa shape index (κ3) is 4.45. The van der Waals surface area contributed by atoms with Crippen molar-refractivity contribution in [2.75, 3.05) is 17.7 Å². The maximum atomic E-state index is 13.8. The Morgan fingerprint density at radius 2 is 1.88 bits per heavy atom. The zero-order valence-corrected chi connectivity index (χ0v) is 13.3. The van der Waals surface area contributed by atoms with Gasteiger partial charge in [0, 0.05) is 25.2 Å². The maximum absolute atomic E-state index is 13.8. The van der Waals surface area contributed by atoms with Crippen LogP contribution in [0.3, 0.4) is 0 Å². The number of phenols is 1. The van der Waals surface area contributed by atoms with Crippen LogP contribution in [0.25, 0.3) is 0 Å². The first-order valence-corrected chi connectivity index (χ1v) is 7.23. The van der Waals surface area contributed by atoms with Gasteiger partial charge in [-0.2, -0.15) is 0 Å². The first-order valence-electron chi connectivity index (χ1n) is 7.23. The lowest BCUT2D eigenvalue weighted by Crippen LogP contribution is -2.31. The van der Waals surface area contributed by atoms with Crippen molar-refractivity contribution in [2.24, 2.45) is 0 Å². The van der Waals surface area contributed by atoms with E-state index in [2.05, 4.69) is 10.6 Å². The number of urea groups is 1. The number of para-hydroxylation sites is 1. The summed E-state index contributed by atoms with van der Waals surface area (Å²) in [5, 5.41) is 14.7. The molecule has 3 amide bonds. The number of benzene rings is 2. The van der Waals surface area contributed by atoms with E-state index >= 15 is 0 Å². The van der Waals surface area contributed by atoms with Crippen molar-refractivity contribution in [2.45, 2.75) is 13.5 Å². The molecule has 6 nitrogen and oxygen atoms in total. The van der Waals surface area contributed by atoms with E-state index in [0.29, 0.717) is 11.3 Å². The molecule has 126 valence electrons. The number of hydrogen-bond acceptors (Lipinski definition) is 3. The standard InChI is InChI=1S/C17H18FN3O3/c1-11(22)19-13-7-8-14(18)15(9-13)20-17(24)21(2)10-12-5-3-4-6-16(12)23/h3-9,23H,10H2,1-2H3,(H,19,22)(H,20,24). The number of nitrogens with zero attached hydrogens (tertiary/aromatic N) is 1. The number of aromatic hydroxyl groups is 1. The number of phenolic OH excluding ortho intramolecular Hbond substituents is 1. The lowest BCUT2D eigenvalue weighted by molar-refractivity contribution is -0.114. The molecule has 0 atom stereocenters. The predicted octanol–water partition coefficient (Wildman–Crippen LogP) is 3.15. The van der Waals surface area contributed by atoms with Gasteiger partial charge in [0.25, 0.3) is 0 Å². The van der Waals surface area contributed by atoms with Gasteiger partial charge in [-0.25, -0.2) is 9.18 Å². The molecule has 7 heteroatoms. The normalized spacial score (nSPS) is 10.1. The van der Waals surface area contributed by atoms with Crippen molar-refractivity contribution in [3.8, 4) is 5.75 Å². The van der Waals surface area contributed by atoms with Gasteiger partial charge in [-0.05, 0) is 24.3 Å². The van der Waals surface area contributed by atoms with E-state index in [1.807, 2.05) is 0 Å². The molecule has 24 heavy (non-hydrogen) atoms. The van der Waals surface area contributed by atoms with Crippen LogP contribution in [0.5, 0.6) is 5.75 Å². The summed E-state index contributed by atoms with van der Waals surface area (Å²) >= 11 is 0. The number of nitrogens with one attached hydrogen (secondary N) is 2. The smallest absolute Gasteiger partial charge is 0.321 e. The van der Waals surface area contributed by atoms with Crippen molar-refractivity contribution in [1.82, 2.24) is 4.90 Å². The fourth-order valence-electron chi connectivity index (χ4n) is 2.08. The van der Waals surface area contributed by atoms with E-state index < -0.39 is 11.8 Å². The Balaban J connectivity index is 2.08. The minimum atomic E-state index is -0.617. The number of anilines is 2. The summed E-state index contributed by atoms with van der Waals surface area (Å²) in [6.07, 6.45) is 0. The van der Waals surface area contributed by atoms with E-state index in [1.165, 1.54) is 37.1 Å². The Morgan fingerprint density at radius 1 is 1.17 bits per heavy atom. The molecule has 2 aromatic rings. The Labute approximate surface area is 138 Å². The van der Waals surface area contributed by atoms with Gasteiger partial charge in [0.15, 0.2) is 0 Å². The van der Waals surface area contributed by atoms with E-state index in [-0.39, 0.29) is 23.9 Å². The van der Waals surface area contributed by atoms with Crippen LogP contribution in [-0.4, -0.2) is 29.0 Å². The Morgan fingerprint density at radius 3 is 2.54 bits per heavy atom. The molecule has 0 unspecified atom stereocenters. The highest BCUT2D eigenvalue weighted by Crippen LogP contribution is 2.21. The number of rotatable bonds is 4. The summed E-state index contributed by atoms with van der Waals surface area (Å²) in [6, 6.07) is 10.00. The SMILES string of the molecule is CC(=O)Nc1ccc(F)c(NC(=O)N(C)Cc2ccccc2O)c1. The van der Waals surface area contributed by atoms with Crippen LogP contribution in [0.1, 0.15) is 12.5 Å². The third-order valence-electron chi connectivity index (χ3n) is 3.27. The molecule has 0 aliphatic heterocycles. The third-order valence-corrected chi connectivity index (χ3v) is 3.27. The van der Waals surface area contributed by atoms with Crippen LogP contribution in [-0.2, 0) is 11.3 Å². The first kappa shape index (κ1) is 17.3. The van der Waals surface area contributed by atoms with Gasteiger partial charge in [-0.1, -0.05) is 18.2 Å². The van der Waals surface area contributed by atoms with Gasteiger partial charge in [-0.15, -0.1) is 0 Å². The molecule has 0 aliphatic rings. The first-order chi connectivity index (χ1) is 11.4. The molecular weight excluding hydrogens is 313 g/mol. The Bertz CT molecular complexity index is 764. The van der Waals surface area contributed by atoms with Gasteiger partial charge in [-0.3, -0.25) is 4.79 Å². The van der Waals surface area contributed by atoms with Crippen LogP contribution >= 0.6 is 0 Å². The molecule has 2 aromatic carbocycles. The maximum Gasteiger partial charge on any atom is 0.321 e. The Hall–Kier alpha value is -3.09. The molecule has 0 saturated heterocycles. The molecule has 2 rings (SSSR count). The molecule has 0 fully saturated rings. The molecular formula is C17H18FN3O3. The van der Waals surface area contributed by atoms with E-state index in [0.717, 1.165) is 6.07 Å². The molecule has 0 bridgehead atoms. The van der Waals surface area contributed by atoms with Crippen molar-refractivity contribution < 1.29 is 19.1 Å². The molecule has 0 radical (unpaired) electrons. The highest BCUT2D eigenvalue weighted by atomic mass is 19.1. The summed E-state index contributed by atoms with van der Waals surface area (Å²) in [5.74, 6) is -0.833. The van der Waals surface area contributed by atoms with Crippen molar-refractivity contribution in [3.63, 3.8) is 0 Å². The summed E-state index contributed by atoms with van der Waals surface area (Å²) in [4.78, 5) is 24.5. The van der Waals surface area contributed by atoms with Gasteiger partial charge < -0.3 is 20.6 Å². The minimum absolute atomic E-state index is 0.0459. The second kappa shape index (κ2) is 7.45. The van der Waals surface area contributed by atoms with Crippen molar-refractivity contribution >= 4 is 23.3 Å². The molecule has 0 heterocycles. The summed E-state index contributed by atoms with van der Waals surface area (Å²) in [6.45, 7) is 1.49. The van der Waals surface area contributed by atoms with Gasteiger partial charge in [0.05, 0.1) is 12.2 Å². The predicted molar refractivity (Wildman–Crippen MR) is 89.3 cm³/mol. The van der Waals surface area contributed by atoms with Gasteiger partial charge >= 0.3 is 6.03 Å². The minimum Gasteiger partial charge on any atom is -0.508 e.